The number of rotatable bonds is 4. The van der Waals surface area contributed by atoms with Crippen molar-refractivity contribution in [3.63, 3.8) is 0 Å². The Hall–Kier alpha value is -3.02. The highest BCUT2D eigenvalue weighted by Crippen LogP contribution is 2.32. The van der Waals surface area contributed by atoms with Gasteiger partial charge in [-0.05, 0) is 29.3 Å². The number of fused-ring (bicyclic) bond motifs is 1. The number of hydrogen-bond acceptors (Lipinski definition) is 4. The van der Waals surface area contributed by atoms with Crippen LogP contribution in [-0.2, 0) is 16.1 Å². The second-order valence-electron chi connectivity index (χ2n) is 5.62. The minimum absolute atomic E-state index is 0.0467. The van der Waals surface area contributed by atoms with Crippen LogP contribution < -0.4 is 15.4 Å². The number of para-hydroxylation sites is 1. The Balaban J connectivity index is 1.73. The molecule has 2 aromatic carbocycles. The first-order valence-corrected chi connectivity index (χ1v) is 7.61. The molecule has 1 aliphatic rings. The van der Waals surface area contributed by atoms with E-state index in [1.807, 2.05) is 18.2 Å². The highest BCUT2D eigenvalue weighted by atomic mass is 16.5. The summed E-state index contributed by atoms with van der Waals surface area (Å²) in [4.78, 5) is 24.3. The summed E-state index contributed by atoms with van der Waals surface area (Å²) in [6.07, 6.45) is 0.127. The van der Waals surface area contributed by atoms with Crippen LogP contribution in [0.3, 0.4) is 0 Å². The van der Waals surface area contributed by atoms with Crippen LogP contribution in [0.1, 0.15) is 23.5 Å². The largest absolute Gasteiger partial charge is 0.504 e. The lowest BCUT2D eigenvalue weighted by Crippen LogP contribution is -2.34. The van der Waals surface area contributed by atoms with E-state index in [1.165, 1.54) is 13.2 Å². The van der Waals surface area contributed by atoms with Crippen LogP contribution in [0.4, 0.5) is 5.69 Å². The standard InChI is InChI=1S/C18H18N2O4/c1-24-16-8-11(6-7-15(16)21)10-19-18(23)13-9-17(22)20-14-5-3-2-4-12(13)14/h2-8,13,21H,9-10H2,1H3,(H,19,23)(H,20,22)/t13-/m1/s1. The normalized spacial score (nSPS) is 16.0. The fraction of sp³-hybridized carbons (Fsp3) is 0.222. The van der Waals surface area contributed by atoms with Crippen LogP contribution in [0.15, 0.2) is 42.5 Å². The van der Waals surface area contributed by atoms with Crippen LogP contribution in [0.5, 0.6) is 11.5 Å². The van der Waals surface area contributed by atoms with Crippen molar-refractivity contribution in [3.8, 4) is 11.5 Å². The zero-order valence-corrected chi connectivity index (χ0v) is 13.2. The Labute approximate surface area is 139 Å². The first kappa shape index (κ1) is 15.9. The lowest BCUT2D eigenvalue weighted by molar-refractivity contribution is -0.126. The molecule has 3 N–H and O–H groups in total. The van der Waals surface area contributed by atoms with Gasteiger partial charge < -0.3 is 20.5 Å². The number of phenolic OH excluding ortho intramolecular Hbond substituents is 1. The third-order valence-electron chi connectivity index (χ3n) is 4.03. The molecule has 0 fully saturated rings. The van der Waals surface area contributed by atoms with Gasteiger partial charge in [-0.2, -0.15) is 0 Å². The Bertz CT molecular complexity index is 788. The third-order valence-corrected chi connectivity index (χ3v) is 4.03. The van der Waals surface area contributed by atoms with Gasteiger partial charge in [0.1, 0.15) is 0 Å². The maximum absolute atomic E-state index is 12.5. The molecule has 0 bridgehead atoms. The molecule has 2 amide bonds. The van der Waals surface area contributed by atoms with Gasteiger partial charge in [-0.1, -0.05) is 24.3 Å². The first-order chi connectivity index (χ1) is 11.6. The second-order valence-corrected chi connectivity index (χ2v) is 5.62. The van der Waals surface area contributed by atoms with Crippen LogP contribution in [0.2, 0.25) is 0 Å². The maximum atomic E-state index is 12.5. The van der Waals surface area contributed by atoms with E-state index in [0.29, 0.717) is 11.4 Å². The van der Waals surface area contributed by atoms with Crippen molar-refractivity contribution in [2.24, 2.45) is 0 Å². The van der Waals surface area contributed by atoms with Gasteiger partial charge in [0.2, 0.25) is 11.8 Å². The van der Waals surface area contributed by atoms with Crippen LogP contribution in [0, 0.1) is 0 Å². The Morgan fingerprint density at radius 2 is 2.12 bits per heavy atom. The fourth-order valence-electron chi connectivity index (χ4n) is 2.79. The predicted molar refractivity (Wildman–Crippen MR) is 88.9 cm³/mol. The van der Waals surface area contributed by atoms with Crippen LogP contribution in [-0.4, -0.2) is 24.0 Å². The molecule has 1 aliphatic heterocycles. The monoisotopic (exact) mass is 326 g/mol. The van der Waals surface area contributed by atoms with Crippen LogP contribution in [0.25, 0.3) is 0 Å². The quantitative estimate of drug-likeness (QED) is 0.803. The number of benzene rings is 2. The number of anilines is 1. The molecule has 3 rings (SSSR count). The molecule has 24 heavy (non-hydrogen) atoms. The maximum Gasteiger partial charge on any atom is 0.228 e. The van der Waals surface area contributed by atoms with E-state index in [2.05, 4.69) is 10.6 Å². The molecule has 124 valence electrons. The summed E-state index contributed by atoms with van der Waals surface area (Å²) < 4.78 is 5.05. The zero-order chi connectivity index (χ0) is 17.1. The van der Waals surface area contributed by atoms with Crippen LogP contribution >= 0.6 is 0 Å². The van der Waals surface area contributed by atoms with Gasteiger partial charge in [0.25, 0.3) is 0 Å². The van der Waals surface area contributed by atoms with E-state index >= 15 is 0 Å². The van der Waals surface area contributed by atoms with Gasteiger partial charge in [0.05, 0.1) is 13.0 Å². The molecule has 0 aliphatic carbocycles. The summed E-state index contributed by atoms with van der Waals surface area (Å²) in [6.45, 7) is 0.287. The summed E-state index contributed by atoms with van der Waals surface area (Å²) in [6, 6.07) is 12.2. The smallest absolute Gasteiger partial charge is 0.228 e. The second kappa shape index (κ2) is 6.62. The summed E-state index contributed by atoms with van der Waals surface area (Å²) in [7, 11) is 1.47. The van der Waals surface area contributed by atoms with Gasteiger partial charge in [-0.15, -0.1) is 0 Å². The number of phenols is 1. The van der Waals surface area contributed by atoms with Gasteiger partial charge in [0, 0.05) is 18.7 Å². The predicted octanol–water partition coefficient (Wildman–Crippen LogP) is 2.14. The lowest BCUT2D eigenvalue weighted by Gasteiger charge is -2.24. The van der Waals surface area contributed by atoms with Gasteiger partial charge >= 0.3 is 0 Å². The van der Waals surface area contributed by atoms with Crippen molar-refractivity contribution in [3.05, 3.63) is 53.6 Å². The molecule has 1 heterocycles. The topological polar surface area (TPSA) is 87.7 Å². The first-order valence-electron chi connectivity index (χ1n) is 7.61. The van der Waals surface area contributed by atoms with Crippen molar-refractivity contribution in [1.29, 1.82) is 0 Å². The van der Waals surface area contributed by atoms with Gasteiger partial charge in [0.15, 0.2) is 11.5 Å². The number of aromatic hydroxyl groups is 1. The molecule has 6 heteroatoms. The van der Waals surface area contributed by atoms with E-state index in [9.17, 15) is 14.7 Å². The summed E-state index contributed by atoms with van der Waals surface area (Å²) >= 11 is 0. The number of nitrogens with one attached hydrogen (secondary N) is 2. The highest BCUT2D eigenvalue weighted by Gasteiger charge is 2.30. The third kappa shape index (κ3) is 3.17. The molecule has 0 radical (unpaired) electrons. The zero-order valence-electron chi connectivity index (χ0n) is 13.2. The van der Waals surface area contributed by atoms with Crippen molar-refractivity contribution < 1.29 is 19.4 Å². The molecular formula is C18H18N2O4. The van der Waals surface area contributed by atoms with Crippen molar-refractivity contribution in [2.45, 2.75) is 18.9 Å². The van der Waals surface area contributed by atoms with E-state index in [-0.39, 0.29) is 30.5 Å². The number of methoxy groups -OCH3 is 1. The Morgan fingerprint density at radius 3 is 2.92 bits per heavy atom. The van der Waals surface area contributed by atoms with E-state index in [0.717, 1.165) is 11.1 Å². The molecule has 6 nitrogen and oxygen atoms in total. The number of ether oxygens (including phenoxy) is 1. The molecule has 0 aromatic heterocycles. The molecule has 0 saturated heterocycles. The molecule has 0 spiro atoms. The molecule has 0 saturated carbocycles. The number of carbonyl (C=O) groups is 2. The fourth-order valence-corrected chi connectivity index (χ4v) is 2.79. The molecular weight excluding hydrogens is 308 g/mol. The average molecular weight is 326 g/mol. The van der Waals surface area contributed by atoms with Crippen molar-refractivity contribution >= 4 is 17.5 Å². The van der Waals surface area contributed by atoms with Gasteiger partial charge in [-0.25, -0.2) is 0 Å². The van der Waals surface area contributed by atoms with E-state index in [1.54, 1.807) is 18.2 Å². The lowest BCUT2D eigenvalue weighted by atomic mass is 9.90. The molecule has 0 unspecified atom stereocenters. The van der Waals surface area contributed by atoms with Gasteiger partial charge in [-0.3, -0.25) is 9.59 Å². The minimum atomic E-state index is -0.506. The molecule has 1 atom stereocenters. The highest BCUT2D eigenvalue weighted by molar-refractivity contribution is 6.01. The average Bonchev–Trinajstić information content (AvgIpc) is 2.60. The van der Waals surface area contributed by atoms with Crippen molar-refractivity contribution in [2.75, 3.05) is 12.4 Å². The number of carbonyl (C=O) groups excluding carboxylic acids is 2. The van der Waals surface area contributed by atoms with Crippen molar-refractivity contribution in [1.82, 2.24) is 5.32 Å². The van der Waals surface area contributed by atoms with E-state index < -0.39 is 5.92 Å². The number of hydrogen-bond donors (Lipinski definition) is 3. The Kier molecular flexibility index (Phi) is 4.37. The minimum Gasteiger partial charge on any atom is -0.504 e. The summed E-state index contributed by atoms with van der Waals surface area (Å²) in [5.41, 5.74) is 2.30. The van der Waals surface area contributed by atoms with E-state index in [4.69, 9.17) is 4.74 Å². The molecule has 2 aromatic rings. The summed E-state index contributed by atoms with van der Waals surface area (Å²) in [5.74, 6) is -0.479. The SMILES string of the molecule is COc1cc(CNC(=O)[C@@H]2CC(=O)Nc3ccccc32)ccc1O. The summed E-state index contributed by atoms with van der Waals surface area (Å²) in [5, 5.41) is 15.2. The Morgan fingerprint density at radius 1 is 1.33 bits per heavy atom. The number of amides is 2.